The van der Waals surface area contributed by atoms with Crippen LogP contribution in [0.15, 0.2) is 0 Å². The molecule has 108 valence electrons. The zero-order chi connectivity index (χ0) is 14.0. The molecule has 4 heteroatoms. The molecular formula is C14H29NO3. The van der Waals surface area contributed by atoms with E-state index in [2.05, 4.69) is 12.2 Å². The lowest BCUT2D eigenvalue weighted by atomic mass is 9.95. The van der Waals surface area contributed by atoms with E-state index < -0.39 is 11.5 Å². The summed E-state index contributed by atoms with van der Waals surface area (Å²) in [4.78, 5) is 11.2. The van der Waals surface area contributed by atoms with Crippen molar-refractivity contribution < 1.29 is 14.6 Å². The van der Waals surface area contributed by atoms with Crippen LogP contribution in [0.3, 0.4) is 0 Å². The fourth-order valence-corrected chi connectivity index (χ4v) is 2.07. The number of carboxylic acid groups (broad SMARTS) is 1. The molecule has 0 amide bonds. The van der Waals surface area contributed by atoms with Gasteiger partial charge in [-0.1, -0.05) is 33.1 Å². The van der Waals surface area contributed by atoms with E-state index in [-0.39, 0.29) is 6.10 Å². The zero-order valence-corrected chi connectivity index (χ0v) is 12.3. The number of hydrogen-bond donors (Lipinski definition) is 2. The fraction of sp³-hybridized carbons (Fsp3) is 0.929. The number of unbranched alkanes of at least 4 members (excludes halogenated alkanes) is 3. The lowest BCUT2D eigenvalue weighted by molar-refractivity contribution is -0.145. The van der Waals surface area contributed by atoms with Crippen LogP contribution in [0, 0.1) is 0 Å². The molecule has 0 rings (SSSR count). The van der Waals surface area contributed by atoms with Gasteiger partial charge in [-0.25, -0.2) is 0 Å². The molecule has 0 aromatic carbocycles. The van der Waals surface area contributed by atoms with Crippen molar-refractivity contribution in [2.75, 3.05) is 13.2 Å². The van der Waals surface area contributed by atoms with Gasteiger partial charge in [-0.2, -0.15) is 0 Å². The third kappa shape index (κ3) is 6.97. The lowest BCUT2D eigenvalue weighted by Crippen LogP contribution is -2.51. The van der Waals surface area contributed by atoms with E-state index in [1.807, 2.05) is 13.8 Å². The average molecular weight is 259 g/mol. The summed E-state index contributed by atoms with van der Waals surface area (Å²) in [5, 5.41) is 12.3. The molecule has 0 aliphatic rings. The fourth-order valence-electron chi connectivity index (χ4n) is 2.07. The van der Waals surface area contributed by atoms with Crippen LogP contribution < -0.4 is 5.32 Å². The van der Waals surface area contributed by atoms with Gasteiger partial charge >= 0.3 is 5.97 Å². The van der Waals surface area contributed by atoms with Crippen LogP contribution in [0.4, 0.5) is 0 Å². The molecule has 2 unspecified atom stereocenters. The molecule has 0 aromatic heterocycles. The molecule has 0 aliphatic heterocycles. The molecule has 18 heavy (non-hydrogen) atoms. The number of ether oxygens (including phenoxy) is 1. The Balaban J connectivity index is 3.95. The summed E-state index contributed by atoms with van der Waals surface area (Å²) in [7, 11) is 0. The van der Waals surface area contributed by atoms with E-state index in [1.54, 1.807) is 6.92 Å². The van der Waals surface area contributed by atoms with Gasteiger partial charge in [0.1, 0.15) is 5.54 Å². The van der Waals surface area contributed by atoms with E-state index in [0.717, 1.165) is 13.0 Å². The molecule has 0 bridgehead atoms. The van der Waals surface area contributed by atoms with Gasteiger partial charge in [0, 0.05) is 13.0 Å². The highest BCUT2D eigenvalue weighted by atomic mass is 16.5. The molecule has 2 atom stereocenters. The molecule has 0 saturated heterocycles. The maximum Gasteiger partial charge on any atom is 0.323 e. The van der Waals surface area contributed by atoms with Crippen molar-refractivity contribution in [3.63, 3.8) is 0 Å². The molecule has 0 aliphatic carbocycles. The molecule has 0 saturated carbocycles. The minimum absolute atomic E-state index is 0.0354. The number of nitrogens with one attached hydrogen (secondary N) is 1. The summed E-state index contributed by atoms with van der Waals surface area (Å²) < 4.78 is 5.68. The van der Waals surface area contributed by atoms with Crippen LogP contribution in [-0.2, 0) is 9.53 Å². The van der Waals surface area contributed by atoms with Gasteiger partial charge in [0.25, 0.3) is 0 Å². The van der Waals surface area contributed by atoms with Crippen LogP contribution >= 0.6 is 0 Å². The second-order valence-corrected chi connectivity index (χ2v) is 5.11. The van der Waals surface area contributed by atoms with Crippen LogP contribution in [0.1, 0.15) is 59.8 Å². The molecule has 4 nitrogen and oxygen atoms in total. The predicted molar refractivity (Wildman–Crippen MR) is 73.9 cm³/mol. The number of likely N-dealkylation sites (N-methyl/N-ethyl adjacent to an activating group) is 1. The highest BCUT2D eigenvalue weighted by molar-refractivity contribution is 5.78. The van der Waals surface area contributed by atoms with Crippen molar-refractivity contribution >= 4 is 5.97 Å². The molecule has 0 aromatic rings. The number of rotatable bonds is 11. The number of carboxylic acids is 1. The summed E-state index contributed by atoms with van der Waals surface area (Å²) in [5.74, 6) is -0.814. The quantitative estimate of drug-likeness (QED) is 0.560. The Hall–Kier alpha value is -0.610. The third-order valence-electron chi connectivity index (χ3n) is 3.13. The predicted octanol–water partition coefficient (Wildman–Crippen LogP) is 2.81. The molecule has 0 radical (unpaired) electrons. The Morgan fingerprint density at radius 2 is 2.00 bits per heavy atom. The van der Waals surface area contributed by atoms with E-state index in [4.69, 9.17) is 4.74 Å². The summed E-state index contributed by atoms with van der Waals surface area (Å²) in [6, 6.07) is 0. The summed E-state index contributed by atoms with van der Waals surface area (Å²) in [5.41, 5.74) is -0.891. The van der Waals surface area contributed by atoms with Gasteiger partial charge in [0.2, 0.25) is 0 Å². The van der Waals surface area contributed by atoms with Crippen LogP contribution in [0.5, 0.6) is 0 Å². The van der Waals surface area contributed by atoms with Gasteiger partial charge in [-0.05, 0) is 26.8 Å². The van der Waals surface area contributed by atoms with Crippen LogP contribution in [-0.4, -0.2) is 35.9 Å². The second kappa shape index (κ2) is 9.34. The van der Waals surface area contributed by atoms with Crippen LogP contribution in [0.25, 0.3) is 0 Å². The minimum Gasteiger partial charge on any atom is -0.480 e. The van der Waals surface area contributed by atoms with Gasteiger partial charge in [-0.15, -0.1) is 0 Å². The molecular weight excluding hydrogens is 230 g/mol. The molecule has 0 fully saturated rings. The van der Waals surface area contributed by atoms with Crippen molar-refractivity contribution in [3.8, 4) is 0 Å². The maximum absolute atomic E-state index is 11.2. The monoisotopic (exact) mass is 259 g/mol. The molecule has 0 heterocycles. The largest absolute Gasteiger partial charge is 0.480 e. The standard InChI is InChI=1S/C14H29NO3/c1-5-7-8-9-10-18-12(3)11-14(4,13(16)17)15-6-2/h12,15H,5-11H2,1-4H3,(H,16,17). The van der Waals surface area contributed by atoms with Crippen molar-refractivity contribution in [2.45, 2.75) is 71.4 Å². The highest BCUT2D eigenvalue weighted by Gasteiger charge is 2.33. The van der Waals surface area contributed by atoms with E-state index in [0.29, 0.717) is 13.0 Å². The van der Waals surface area contributed by atoms with Crippen molar-refractivity contribution in [3.05, 3.63) is 0 Å². The SMILES string of the molecule is CCCCCCOC(C)CC(C)(NCC)C(=O)O. The first-order chi connectivity index (χ1) is 8.46. The van der Waals surface area contributed by atoms with Gasteiger partial charge in [0.05, 0.1) is 6.10 Å². The number of carbonyl (C=O) groups is 1. The van der Waals surface area contributed by atoms with Crippen molar-refractivity contribution in [1.29, 1.82) is 0 Å². The van der Waals surface area contributed by atoms with Gasteiger partial charge < -0.3 is 15.2 Å². The van der Waals surface area contributed by atoms with Crippen molar-refractivity contribution in [2.24, 2.45) is 0 Å². The van der Waals surface area contributed by atoms with E-state index in [9.17, 15) is 9.90 Å². The second-order valence-electron chi connectivity index (χ2n) is 5.11. The lowest BCUT2D eigenvalue weighted by Gasteiger charge is -2.28. The first kappa shape index (κ1) is 17.4. The Kier molecular flexibility index (Phi) is 9.02. The number of hydrogen-bond acceptors (Lipinski definition) is 3. The smallest absolute Gasteiger partial charge is 0.323 e. The van der Waals surface area contributed by atoms with Crippen LogP contribution in [0.2, 0.25) is 0 Å². The molecule has 2 N–H and O–H groups in total. The third-order valence-corrected chi connectivity index (χ3v) is 3.13. The van der Waals surface area contributed by atoms with E-state index in [1.165, 1.54) is 19.3 Å². The Morgan fingerprint density at radius 3 is 2.50 bits per heavy atom. The number of aliphatic carboxylic acids is 1. The summed E-state index contributed by atoms with van der Waals surface area (Å²) in [6.07, 6.45) is 5.15. The van der Waals surface area contributed by atoms with Gasteiger partial charge in [0.15, 0.2) is 0 Å². The normalized spacial score (nSPS) is 16.2. The first-order valence-corrected chi connectivity index (χ1v) is 7.06. The Morgan fingerprint density at radius 1 is 1.33 bits per heavy atom. The molecule has 0 spiro atoms. The summed E-state index contributed by atoms with van der Waals surface area (Å²) >= 11 is 0. The summed E-state index contributed by atoms with van der Waals surface area (Å²) in [6.45, 7) is 9.12. The zero-order valence-electron chi connectivity index (χ0n) is 12.3. The maximum atomic E-state index is 11.2. The average Bonchev–Trinajstić information content (AvgIpc) is 2.28. The van der Waals surface area contributed by atoms with Crippen molar-refractivity contribution in [1.82, 2.24) is 5.32 Å². The Labute approximate surface area is 111 Å². The first-order valence-electron chi connectivity index (χ1n) is 7.06. The highest BCUT2D eigenvalue weighted by Crippen LogP contribution is 2.15. The van der Waals surface area contributed by atoms with Gasteiger partial charge in [-0.3, -0.25) is 4.79 Å². The Bertz CT molecular complexity index is 233. The topological polar surface area (TPSA) is 58.6 Å². The minimum atomic E-state index is -0.891. The van der Waals surface area contributed by atoms with E-state index >= 15 is 0 Å².